The zero-order chi connectivity index (χ0) is 23.7. The monoisotopic (exact) mass is 442 g/mol. The molecule has 0 radical (unpaired) electrons. The van der Waals surface area contributed by atoms with Crippen LogP contribution in [0, 0.1) is 11.6 Å². The Labute approximate surface area is 192 Å². The normalized spacial score (nSPS) is 12.8. The summed E-state index contributed by atoms with van der Waals surface area (Å²) in [6.07, 6.45) is 3.47. The minimum Gasteiger partial charge on any atom is -0.298 e. The van der Waals surface area contributed by atoms with Crippen LogP contribution in [-0.2, 0) is 10.8 Å². The standard InChI is InChI=1S/C29H28F2N2/c1-28(2,3)18-13-11-17(12-14-18)21-24(30)23(29(4,5)6)25(31)22-19-9-7-8-10-20(19)27-32-15-16-33(27)26(21)22/h7-16H,1-6H3. The highest BCUT2D eigenvalue weighted by Crippen LogP contribution is 2.43. The molecule has 0 saturated heterocycles. The average molecular weight is 443 g/mol. The summed E-state index contributed by atoms with van der Waals surface area (Å²) in [5.41, 5.74) is 2.86. The van der Waals surface area contributed by atoms with Crippen molar-refractivity contribution in [3.05, 3.63) is 83.7 Å². The lowest BCUT2D eigenvalue weighted by molar-refractivity contribution is 0.482. The Morgan fingerprint density at radius 3 is 2.00 bits per heavy atom. The van der Waals surface area contributed by atoms with Crippen LogP contribution in [-0.4, -0.2) is 9.38 Å². The molecule has 0 N–H and O–H groups in total. The molecule has 5 aromatic rings. The van der Waals surface area contributed by atoms with Crippen molar-refractivity contribution in [3.8, 4) is 11.1 Å². The molecular weight excluding hydrogens is 414 g/mol. The summed E-state index contributed by atoms with van der Waals surface area (Å²) >= 11 is 0. The topological polar surface area (TPSA) is 17.3 Å². The fraction of sp³-hybridized carbons (Fsp3) is 0.276. The summed E-state index contributed by atoms with van der Waals surface area (Å²) in [6, 6.07) is 15.6. The fourth-order valence-electron chi connectivity index (χ4n) is 4.80. The molecule has 0 bridgehead atoms. The van der Waals surface area contributed by atoms with Crippen molar-refractivity contribution in [2.24, 2.45) is 0 Å². The lowest BCUT2D eigenvalue weighted by Crippen LogP contribution is -2.18. The van der Waals surface area contributed by atoms with Gasteiger partial charge in [0.05, 0.1) is 5.52 Å². The number of benzene rings is 3. The average Bonchev–Trinajstić information content (AvgIpc) is 3.22. The van der Waals surface area contributed by atoms with Gasteiger partial charge in [-0.2, -0.15) is 0 Å². The van der Waals surface area contributed by atoms with Gasteiger partial charge in [0.25, 0.3) is 0 Å². The Bertz CT molecular complexity index is 1530. The van der Waals surface area contributed by atoms with E-state index in [1.165, 1.54) is 0 Å². The molecule has 2 aromatic heterocycles. The molecule has 0 aliphatic rings. The molecular formula is C29H28F2N2. The van der Waals surface area contributed by atoms with Crippen molar-refractivity contribution in [2.45, 2.75) is 52.4 Å². The van der Waals surface area contributed by atoms with Crippen LogP contribution < -0.4 is 0 Å². The maximum atomic E-state index is 16.3. The minimum atomic E-state index is -0.715. The summed E-state index contributed by atoms with van der Waals surface area (Å²) in [7, 11) is 0. The van der Waals surface area contributed by atoms with Crippen LogP contribution in [0.15, 0.2) is 60.9 Å². The number of fused-ring (bicyclic) bond motifs is 6. The fourth-order valence-corrected chi connectivity index (χ4v) is 4.80. The molecule has 168 valence electrons. The molecule has 0 saturated carbocycles. The van der Waals surface area contributed by atoms with Gasteiger partial charge in [0.1, 0.15) is 17.3 Å². The molecule has 0 atom stereocenters. The first-order valence-electron chi connectivity index (χ1n) is 11.3. The van der Waals surface area contributed by atoms with Crippen molar-refractivity contribution >= 4 is 27.3 Å². The Hall–Kier alpha value is -3.27. The van der Waals surface area contributed by atoms with Crippen molar-refractivity contribution < 1.29 is 8.78 Å². The number of pyridine rings is 1. The Morgan fingerprint density at radius 1 is 0.758 bits per heavy atom. The smallest absolute Gasteiger partial charge is 0.145 e. The zero-order valence-corrected chi connectivity index (χ0v) is 19.9. The second-order valence-electron chi connectivity index (χ2n) is 10.8. The largest absolute Gasteiger partial charge is 0.298 e. The third kappa shape index (κ3) is 3.23. The maximum absolute atomic E-state index is 16.3. The van der Waals surface area contributed by atoms with E-state index in [9.17, 15) is 0 Å². The van der Waals surface area contributed by atoms with Crippen LogP contribution >= 0.6 is 0 Å². The second kappa shape index (κ2) is 7.11. The zero-order valence-electron chi connectivity index (χ0n) is 19.9. The van der Waals surface area contributed by atoms with Gasteiger partial charge in [0, 0.05) is 34.3 Å². The summed E-state index contributed by atoms with van der Waals surface area (Å²) in [5.74, 6) is -1.02. The van der Waals surface area contributed by atoms with E-state index in [2.05, 4.69) is 25.8 Å². The van der Waals surface area contributed by atoms with Crippen LogP contribution in [0.4, 0.5) is 8.78 Å². The molecule has 0 aliphatic heterocycles. The molecule has 0 unspecified atom stereocenters. The SMILES string of the molecule is CC(C)(C)c1ccc(-c2c(F)c(C(C)(C)C)c(F)c3c4ccccc4c4nccn4c23)cc1. The maximum Gasteiger partial charge on any atom is 0.145 e. The second-order valence-corrected chi connectivity index (χ2v) is 10.8. The first-order valence-corrected chi connectivity index (χ1v) is 11.3. The van der Waals surface area contributed by atoms with Crippen LogP contribution in [0.3, 0.4) is 0 Å². The van der Waals surface area contributed by atoms with Crippen molar-refractivity contribution in [1.82, 2.24) is 9.38 Å². The highest BCUT2D eigenvalue weighted by Gasteiger charge is 2.31. The Morgan fingerprint density at radius 2 is 1.39 bits per heavy atom. The van der Waals surface area contributed by atoms with E-state index in [1.54, 1.807) is 12.4 Å². The van der Waals surface area contributed by atoms with Gasteiger partial charge < -0.3 is 0 Å². The van der Waals surface area contributed by atoms with Gasteiger partial charge in [0.15, 0.2) is 0 Å². The predicted molar refractivity (Wildman–Crippen MR) is 133 cm³/mol. The molecule has 2 nitrogen and oxygen atoms in total. The molecule has 0 amide bonds. The summed E-state index contributed by atoms with van der Waals surface area (Å²) in [4.78, 5) is 4.53. The number of hydrogen-bond acceptors (Lipinski definition) is 1. The molecule has 4 heteroatoms. The minimum absolute atomic E-state index is 0.0215. The van der Waals surface area contributed by atoms with E-state index in [-0.39, 0.29) is 11.0 Å². The summed E-state index contributed by atoms with van der Waals surface area (Å²) in [6.45, 7) is 12.0. The van der Waals surface area contributed by atoms with Crippen LogP contribution in [0.5, 0.6) is 0 Å². The highest BCUT2D eigenvalue weighted by molar-refractivity contribution is 6.15. The van der Waals surface area contributed by atoms with Crippen molar-refractivity contribution in [2.75, 3.05) is 0 Å². The van der Waals surface area contributed by atoms with Crippen molar-refractivity contribution in [3.63, 3.8) is 0 Å². The number of hydrogen-bond donors (Lipinski definition) is 0. The van der Waals surface area contributed by atoms with Gasteiger partial charge in [-0.05, 0) is 27.3 Å². The lowest BCUT2D eigenvalue weighted by atomic mass is 9.81. The molecule has 3 aromatic carbocycles. The van der Waals surface area contributed by atoms with Crippen LogP contribution in [0.1, 0.15) is 52.7 Å². The van der Waals surface area contributed by atoms with Gasteiger partial charge in [0.2, 0.25) is 0 Å². The Kier molecular flexibility index (Phi) is 4.65. The van der Waals surface area contributed by atoms with Crippen LogP contribution in [0.25, 0.3) is 38.4 Å². The van der Waals surface area contributed by atoms with Crippen LogP contribution in [0.2, 0.25) is 0 Å². The molecule has 2 heterocycles. The number of imidazole rings is 1. The van der Waals surface area contributed by atoms with E-state index in [0.29, 0.717) is 22.1 Å². The lowest BCUT2D eigenvalue weighted by Gasteiger charge is -2.25. The van der Waals surface area contributed by atoms with E-state index >= 15 is 8.78 Å². The number of halogens is 2. The summed E-state index contributed by atoms with van der Waals surface area (Å²) < 4.78 is 34.4. The molecule has 0 spiro atoms. The Balaban J connectivity index is 2.03. The van der Waals surface area contributed by atoms with Gasteiger partial charge in [-0.15, -0.1) is 0 Å². The van der Waals surface area contributed by atoms with E-state index < -0.39 is 17.0 Å². The predicted octanol–water partition coefficient (Wildman–Crippen LogP) is 8.18. The van der Waals surface area contributed by atoms with E-state index in [1.807, 2.05) is 73.7 Å². The van der Waals surface area contributed by atoms with Gasteiger partial charge in [-0.25, -0.2) is 13.8 Å². The first-order chi connectivity index (χ1) is 15.5. The number of rotatable bonds is 1. The molecule has 5 rings (SSSR count). The van der Waals surface area contributed by atoms with E-state index in [4.69, 9.17) is 0 Å². The molecule has 0 fully saturated rings. The summed E-state index contributed by atoms with van der Waals surface area (Å²) in [5, 5.41) is 2.01. The third-order valence-electron chi connectivity index (χ3n) is 6.46. The molecule has 0 aliphatic carbocycles. The van der Waals surface area contributed by atoms with Crippen molar-refractivity contribution in [1.29, 1.82) is 0 Å². The van der Waals surface area contributed by atoms with E-state index in [0.717, 1.165) is 21.9 Å². The number of nitrogens with zero attached hydrogens (tertiary/aromatic N) is 2. The third-order valence-corrected chi connectivity index (χ3v) is 6.46. The first kappa shape index (κ1) is 21.6. The number of aromatic nitrogens is 2. The highest BCUT2D eigenvalue weighted by atomic mass is 19.1. The van der Waals surface area contributed by atoms with Gasteiger partial charge in [-0.1, -0.05) is 90.1 Å². The molecule has 33 heavy (non-hydrogen) atoms. The quantitative estimate of drug-likeness (QED) is 0.239. The van der Waals surface area contributed by atoms with Gasteiger partial charge >= 0.3 is 0 Å². The van der Waals surface area contributed by atoms with Gasteiger partial charge in [-0.3, -0.25) is 4.40 Å².